The van der Waals surface area contributed by atoms with Gasteiger partial charge >= 0.3 is 11.9 Å². The molecular formula is C14H18O5. The Morgan fingerprint density at radius 1 is 1.32 bits per heavy atom. The van der Waals surface area contributed by atoms with Crippen LogP contribution in [0.1, 0.15) is 24.8 Å². The standard InChI is InChI=1S/C14H18O5/c1-9(10-5-4-6-11(7-10)18-2)12(8-13(15)16)14(17)19-3/h4-7,9,12H,8H2,1-3H3,(H,15,16)/t9-,12+/m1/s1. The molecule has 5 nitrogen and oxygen atoms in total. The first-order chi connectivity index (χ1) is 8.99. The fourth-order valence-electron chi connectivity index (χ4n) is 1.96. The van der Waals surface area contributed by atoms with Gasteiger partial charge in [-0.1, -0.05) is 19.1 Å². The molecule has 0 radical (unpaired) electrons. The van der Waals surface area contributed by atoms with Crippen molar-refractivity contribution in [1.82, 2.24) is 0 Å². The molecule has 0 saturated carbocycles. The number of aliphatic carboxylic acids is 1. The number of hydrogen-bond donors (Lipinski definition) is 1. The normalized spacial score (nSPS) is 13.4. The third kappa shape index (κ3) is 3.98. The molecule has 0 amide bonds. The van der Waals surface area contributed by atoms with Crippen molar-refractivity contribution < 1.29 is 24.2 Å². The zero-order valence-corrected chi connectivity index (χ0v) is 11.3. The smallest absolute Gasteiger partial charge is 0.309 e. The van der Waals surface area contributed by atoms with Gasteiger partial charge in [0.15, 0.2) is 0 Å². The summed E-state index contributed by atoms with van der Waals surface area (Å²) >= 11 is 0. The van der Waals surface area contributed by atoms with Crippen LogP contribution < -0.4 is 4.74 Å². The molecule has 1 aromatic rings. The molecule has 0 aliphatic rings. The number of rotatable bonds is 6. The van der Waals surface area contributed by atoms with E-state index in [1.807, 2.05) is 6.07 Å². The second-order valence-electron chi connectivity index (χ2n) is 4.29. The van der Waals surface area contributed by atoms with Crippen LogP contribution in [0.4, 0.5) is 0 Å². The van der Waals surface area contributed by atoms with Crippen molar-refractivity contribution in [3.05, 3.63) is 29.8 Å². The molecular weight excluding hydrogens is 248 g/mol. The lowest BCUT2D eigenvalue weighted by molar-refractivity contribution is -0.151. The molecule has 0 unspecified atom stereocenters. The van der Waals surface area contributed by atoms with E-state index < -0.39 is 17.9 Å². The van der Waals surface area contributed by atoms with E-state index in [0.717, 1.165) is 5.56 Å². The predicted molar refractivity (Wildman–Crippen MR) is 69.2 cm³/mol. The van der Waals surface area contributed by atoms with Crippen molar-refractivity contribution in [3.63, 3.8) is 0 Å². The quantitative estimate of drug-likeness (QED) is 0.798. The summed E-state index contributed by atoms with van der Waals surface area (Å²) in [5.74, 6) is -1.85. The van der Waals surface area contributed by atoms with Gasteiger partial charge in [-0.05, 0) is 23.6 Å². The fraction of sp³-hybridized carbons (Fsp3) is 0.429. The highest BCUT2D eigenvalue weighted by atomic mass is 16.5. The minimum Gasteiger partial charge on any atom is -0.497 e. The van der Waals surface area contributed by atoms with Crippen LogP contribution >= 0.6 is 0 Å². The lowest BCUT2D eigenvalue weighted by atomic mass is 9.85. The SMILES string of the molecule is COC(=O)[C@@H](CC(=O)O)[C@H](C)c1cccc(OC)c1. The Labute approximate surface area is 112 Å². The molecule has 0 aromatic heterocycles. The Morgan fingerprint density at radius 2 is 2.00 bits per heavy atom. The summed E-state index contributed by atoms with van der Waals surface area (Å²) in [5.41, 5.74) is 0.844. The van der Waals surface area contributed by atoms with Crippen LogP contribution in [0, 0.1) is 5.92 Å². The first kappa shape index (κ1) is 15.0. The Kier molecular flexibility index (Phi) is 5.36. The highest BCUT2D eigenvalue weighted by Crippen LogP contribution is 2.30. The van der Waals surface area contributed by atoms with Crippen LogP contribution in [0.5, 0.6) is 5.75 Å². The van der Waals surface area contributed by atoms with Crippen molar-refractivity contribution in [1.29, 1.82) is 0 Å². The molecule has 0 bridgehead atoms. The monoisotopic (exact) mass is 266 g/mol. The van der Waals surface area contributed by atoms with Crippen LogP contribution in [0.25, 0.3) is 0 Å². The summed E-state index contributed by atoms with van der Waals surface area (Å²) in [6.07, 6.45) is -0.259. The van der Waals surface area contributed by atoms with Gasteiger partial charge in [0.1, 0.15) is 5.75 Å². The van der Waals surface area contributed by atoms with E-state index in [4.69, 9.17) is 9.84 Å². The lowest BCUT2D eigenvalue weighted by Gasteiger charge is -2.21. The Balaban J connectivity index is 3.00. The zero-order valence-electron chi connectivity index (χ0n) is 11.3. The number of carbonyl (C=O) groups excluding carboxylic acids is 1. The number of methoxy groups -OCH3 is 2. The average molecular weight is 266 g/mol. The van der Waals surface area contributed by atoms with Gasteiger partial charge in [-0.15, -0.1) is 0 Å². The molecule has 0 heterocycles. The molecule has 5 heteroatoms. The van der Waals surface area contributed by atoms with Crippen LogP contribution in [-0.4, -0.2) is 31.3 Å². The lowest BCUT2D eigenvalue weighted by Crippen LogP contribution is -2.25. The largest absolute Gasteiger partial charge is 0.497 e. The van der Waals surface area contributed by atoms with Crippen LogP contribution in [0.2, 0.25) is 0 Å². The number of esters is 1. The highest BCUT2D eigenvalue weighted by Gasteiger charge is 2.29. The van der Waals surface area contributed by atoms with Crippen molar-refractivity contribution in [3.8, 4) is 5.75 Å². The van der Waals surface area contributed by atoms with Crippen molar-refractivity contribution in [2.24, 2.45) is 5.92 Å². The molecule has 104 valence electrons. The van der Waals surface area contributed by atoms with Gasteiger partial charge in [0, 0.05) is 0 Å². The first-order valence-corrected chi connectivity index (χ1v) is 5.93. The summed E-state index contributed by atoms with van der Waals surface area (Å²) in [4.78, 5) is 22.6. The maximum Gasteiger partial charge on any atom is 0.309 e. The van der Waals surface area contributed by atoms with E-state index in [2.05, 4.69) is 4.74 Å². The predicted octanol–water partition coefficient (Wildman–Crippen LogP) is 2.06. The maximum atomic E-state index is 11.7. The number of benzene rings is 1. The minimum absolute atomic E-state index is 0.259. The summed E-state index contributed by atoms with van der Waals surface area (Å²) < 4.78 is 9.80. The van der Waals surface area contributed by atoms with Gasteiger partial charge in [-0.25, -0.2) is 0 Å². The number of carboxylic acids is 1. The fourth-order valence-corrected chi connectivity index (χ4v) is 1.96. The molecule has 2 atom stereocenters. The number of carboxylic acid groups (broad SMARTS) is 1. The van der Waals surface area contributed by atoms with E-state index in [1.54, 1.807) is 32.2 Å². The van der Waals surface area contributed by atoms with Crippen LogP contribution in [0.15, 0.2) is 24.3 Å². The Morgan fingerprint density at radius 3 is 2.53 bits per heavy atom. The van der Waals surface area contributed by atoms with Crippen LogP contribution in [-0.2, 0) is 14.3 Å². The van der Waals surface area contributed by atoms with E-state index in [9.17, 15) is 9.59 Å². The molecule has 1 aromatic carbocycles. The highest BCUT2D eigenvalue weighted by molar-refractivity contribution is 5.80. The molecule has 0 spiro atoms. The Hall–Kier alpha value is -2.04. The van der Waals surface area contributed by atoms with E-state index in [-0.39, 0.29) is 12.3 Å². The first-order valence-electron chi connectivity index (χ1n) is 5.93. The van der Waals surface area contributed by atoms with Gasteiger partial charge in [-0.2, -0.15) is 0 Å². The second-order valence-corrected chi connectivity index (χ2v) is 4.29. The third-order valence-electron chi connectivity index (χ3n) is 3.12. The van der Waals surface area contributed by atoms with Gasteiger partial charge in [0.25, 0.3) is 0 Å². The van der Waals surface area contributed by atoms with E-state index >= 15 is 0 Å². The number of carbonyl (C=O) groups is 2. The van der Waals surface area contributed by atoms with Gasteiger partial charge < -0.3 is 14.6 Å². The summed E-state index contributed by atoms with van der Waals surface area (Å²) in [6, 6.07) is 7.23. The molecule has 0 fully saturated rings. The summed E-state index contributed by atoms with van der Waals surface area (Å²) in [5, 5.41) is 8.89. The topological polar surface area (TPSA) is 72.8 Å². The molecule has 0 aliphatic heterocycles. The molecule has 0 saturated heterocycles. The van der Waals surface area contributed by atoms with Crippen molar-refractivity contribution in [2.45, 2.75) is 19.3 Å². The second kappa shape index (κ2) is 6.78. The van der Waals surface area contributed by atoms with E-state index in [0.29, 0.717) is 5.75 Å². The Bertz CT molecular complexity index is 455. The van der Waals surface area contributed by atoms with Crippen molar-refractivity contribution >= 4 is 11.9 Å². The molecule has 19 heavy (non-hydrogen) atoms. The minimum atomic E-state index is -1.02. The van der Waals surface area contributed by atoms with Crippen molar-refractivity contribution in [2.75, 3.05) is 14.2 Å². The van der Waals surface area contributed by atoms with Gasteiger partial charge in [0.2, 0.25) is 0 Å². The maximum absolute atomic E-state index is 11.7. The molecule has 1 N–H and O–H groups in total. The third-order valence-corrected chi connectivity index (χ3v) is 3.12. The summed E-state index contributed by atoms with van der Waals surface area (Å²) in [6.45, 7) is 1.80. The molecule has 1 rings (SSSR count). The average Bonchev–Trinajstić information content (AvgIpc) is 2.43. The van der Waals surface area contributed by atoms with Gasteiger partial charge in [-0.3, -0.25) is 9.59 Å². The molecule has 0 aliphatic carbocycles. The van der Waals surface area contributed by atoms with Crippen LogP contribution in [0.3, 0.4) is 0 Å². The zero-order chi connectivity index (χ0) is 14.4. The number of ether oxygens (including phenoxy) is 2. The summed E-state index contributed by atoms with van der Waals surface area (Å²) in [7, 11) is 2.81. The van der Waals surface area contributed by atoms with E-state index in [1.165, 1.54) is 7.11 Å². The number of hydrogen-bond acceptors (Lipinski definition) is 4. The van der Waals surface area contributed by atoms with Gasteiger partial charge in [0.05, 0.1) is 26.6 Å².